The Morgan fingerprint density at radius 2 is 2.03 bits per heavy atom. The van der Waals surface area contributed by atoms with Gasteiger partial charge in [-0.05, 0) is 42.5 Å². The smallest absolute Gasteiger partial charge is 0.191 e. The third-order valence-corrected chi connectivity index (χ3v) is 6.32. The van der Waals surface area contributed by atoms with Crippen molar-refractivity contribution in [3.63, 3.8) is 0 Å². The summed E-state index contributed by atoms with van der Waals surface area (Å²) in [5.41, 5.74) is 5.30. The molecule has 0 saturated carbocycles. The summed E-state index contributed by atoms with van der Waals surface area (Å²) in [6, 6.07) is 15.2. The number of aliphatic imine (C=N–C) groups is 1. The van der Waals surface area contributed by atoms with Crippen LogP contribution in [0.4, 0.5) is 0 Å². The summed E-state index contributed by atoms with van der Waals surface area (Å²) in [7, 11) is 1.82. The molecular formula is C26H37IN4O2. The molecule has 0 spiro atoms. The van der Waals surface area contributed by atoms with Crippen LogP contribution in [0.2, 0.25) is 0 Å². The predicted molar refractivity (Wildman–Crippen MR) is 145 cm³/mol. The van der Waals surface area contributed by atoms with E-state index in [-0.39, 0.29) is 24.0 Å². The Labute approximate surface area is 215 Å². The fourth-order valence-corrected chi connectivity index (χ4v) is 4.34. The predicted octanol–water partition coefficient (Wildman–Crippen LogP) is 3.75. The monoisotopic (exact) mass is 564 g/mol. The molecule has 6 nitrogen and oxygen atoms in total. The highest BCUT2D eigenvalue weighted by Crippen LogP contribution is 2.23. The first-order chi connectivity index (χ1) is 15.7. The Kier molecular flexibility index (Phi) is 10.3. The van der Waals surface area contributed by atoms with Gasteiger partial charge in [-0.1, -0.05) is 36.4 Å². The van der Waals surface area contributed by atoms with Crippen molar-refractivity contribution in [3.05, 3.63) is 64.7 Å². The highest BCUT2D eigenvalue weighted by Gasteiger charge is 2.17. The number of rotatable bonds is 8. The molecule has 2 aromatic rings. The average Bonchev–Trinajstić information content (AvgIpc) is 3.34. The fraction of sp³-hybridized carbons (Fsp3) is 0.500. The van der Waals surface area contributed by atoms with Gasteiger partial charge in [-0.15, -0.1) is 24.0 Å². The van der Waals surface area contributed by atoms with E-state index < -0.39 is 0 Å². The molecule has 2 N–H and O–H groups in total. The maximum Gasteiger partial charge on any atom is 0.191 e. The molecule has 0 amide bonds. The number of fused-ring (bicyclic) bond motifs is 1. The van der Waals surface area contributed by atoms with E-state index in [9.17, 15) is 0 Å². The zero-order chi connectivity index (χ0) is 22.2. The van der Waals surface area contributed by atoms with Crippen LogP contribution in [0.3, 0.4) is 0 Å². The van der Waals surface area contributed by atoms with Gasteiger partial charge < -0.3 is 20.1 Å². The number of halogens is 1. The van der Waals surface area contributed by atoms with Crippen LogP contribution < -0.4 is 15.4 Å². The number of guanidine groups is 1. The first kappa shape index (κ1) is 25.8. The van der Waals surface area contributed by atoms with E-state index >= 15 is 0 Å². The third-order valence-electron chi connectivity index (χ3n) is 6.32. The van der Waals surface area contributed by atoms with Crippen LogP contribution in [0.15, 0.2) is 47.5 Å². The van der Waals surface area contributed by atoms with Crippen LogP contribution in [0, 0.1) is 12.8 Å². The third kappa shape index (κ3) is 7.58. The van der Waals surface area contributed by atoms with Gasteiger partial charge in [0.15, 0.2) is 5.96 Å². The minimum absolute atomic E-state index is 0. The largest absolute Gasteiger partial charge is 0.493 e. The molecule has 0 radical (unpaired) electrons. The normalized spacial score (nSPS) is 18.4. The van der Waals surface area contributed by atoms with Gasteiger partial charge in [-0.3, -0.25) is 9.89 Å². The Bertz CT molecular complexity index is 915. The Morgan fingerprint density at radius 1 is 1.18 bits per heavy atom. The summed E-state index contributed by atoms with van der Waals surface area (Å²) in [6.07, 6.45) is 2.21. The molecule has 1 atom stereocenters. The van der Waals surface area contributed by atoms with E-state index in [0.717, 1.165) is 69.5 Å². The van der Waals surface area contributed by atoms with Crippen LogP contribution in [-0.4, -0.2) is 57.4 Å². The average molecular weight is 565 g/mol. The second-order valence-corrected chi connectivity index (χ2v) is 8.80. The van der Waals surface area contributed by atoms with Crippen LogP contribution in [-0.2, 0) is 24.2 Å². The minimum atomic E-state index is 0. The van der Waals surface area contributed by atoms with Crippen molar-refractivity contribution in [1.29, 1.82) is 0 Å². The second kappa shape index (κ2) is 13.2. The Balaban J connectivity index is 0.00000306. The highest BCUT2D eigenvalue weighted by atomic mass is 127. The Morgan fingerprint density at radius 3 is 2.82 bits per heavy atom. The van der Waals surface area contributed by atoms with Gasteiger partial charge in [0.2, 0.25) is 0 Å². The number of nitrogens with one attached hydrogen (secondary N) is 2. The molecule has 33 heavy (non-hydrogen) atoms. The van der Waals surface area contributed by atoms with E-state index in [2.05, 4.69) is 69.9 Å². The van der Waals surface area contributed by atoms with E-state index in [1.807, 2.05) is 7.05 Å². The number of benzene rings is 2. The van der Waals surface area contributed by atoms with Crippen LogP contribution in [0.5, 0.6) is 5.75 Å². The first-order valence-electron chi connectivity index (χ1n) is 11.7. The number of hydrogen-bond acceptors (Lipinski definition) is 4. The summed E-state index contributed by atoms with van der Waals surface area (Å²) in [6.45, 7) is 9.14. The van der Waals surface area contributed by atoms with Gasteiger partial charge in [-0.25, -0.2) is 0 Å². The molecule has 1 unspecified atom stereocenters. The van der Waals surface area contributed by atoms with Gasteiger partial charge in [0, 0.05) is 57.9 Å². The molecule has 2 heterocycles. The maximum atomic E-state index is 6.17. The van der Waals surface area contributed by atoms with Gasteiger partial charge in [0.25, 0.3) is 0 Å². The first-order valence-corrected chi connectivity index (χ1v) is 11.7. The van der Waals surface area contributed by atoms with Crippen LogP contribution >= 0.6 is 24.0 Å². The van der Waals surface area contributed by atoms with Crippen LogP contribution in [0.25, 0.3) is 0 Å². The van der Waals surface area contributed by atoms with Crippen LogP contribution in [0.1, 0.15) is 28.7 Å². The molecule has 2 aromatic carbocycles. The zero-order valence-electron chi connectivity index (χ0n) is 19.8. The summed E-state index contributed by atoms with van der Waals surface area (Å²) in [4.78, 5) is 6.90. The zero-order valence-corrected chi connectivity index (χ0v) is 22.1. The fourth-order valence-electron chi connectivity index (χ4n) is 4.34. The molecule has 180 valence electrons. The maximum absolute atomic E-state index is 6.17. The van der Waals surface area contributed by atoms with E-state index in [0.29, 0.717) is 19.1 Å². The Hall–Kier alpha value is -1.84. The van der Waals surface area contributed by atoms with E-state index in [1.54, 1.807) is 0 Å². The van der Waals surface area contributed by atoms with Crippen molar-refractivity contribution in [2.24, 2.45) is 10.9 Å². The van der Waals surface area contributed by atoms with Crippen molar-refractivity contribution in [3.8, 4) is 5.75 Å². The number of ether oxygens (including phenoxy) is 2. The molecular weight excluding hydrogens is 527 g/mol. The summed E-state index contributed by atoms with van der Waals surface area (Å²) >= 11 is 0. The second-order valence-electron chi connectivity index (χ2n) is 8.80. The molecule has 1 fully saturated rings. The van der Waals surface area contributed by atoms with Crippen molar-refractivity contribution in [2.45, 2.75) is 32.9 Å². The molecule has 0 aromatic heterocycles. The summed E-state index contributed by atoms with van der Waals surface area (Å²) < 4.78 is 11.6. The van der Waals surface area contributed by atoms with Gasteiger partial charge >= 0.3 is 0 Å². The SMILES string of the molecule is CN=C(NCCN1CCc2ccccc2C1)NCc1ccc(C)cc1OCC1CCOC1.I. The number of aryl methyl sites for hydroxylation is 1. The van der Waals surface area contributed by atoms with E-state index in [4.69, 9.17) is 9.47 Å². The van der Waals surface area contributed by atoms with Gasteiger partial charge in [0.05, 0.1) is 13.2 Å². The molecule has 2 aliphatic rings. The lowest BCUT2D eigenvalue weighted by atomic mass is 10.00. The lowest BCUT2D eigenvalue weighted by molar-refractivity contribution is 0.166. The highest BCUT2D eigenvalue weighted by molar-refractivity contribution is 14.0. The topological polar surface area (TPSA) is 58.1 Å². The molecule has 1 saturated heterocycles. The number of hydrogen-bond donors (Lipinski definition) is 2. The van der Waals surface area contributed by atoms with E-state index in [1.165, 1.54) is 16.7 Å². The molecule has 7 heteroatoms. The number of nitrogens with zero attached hydrogens (tertiary/aromatic N) is 2. The van der Waals surface area contributed by atoms with Gasteiger partial charge in [0.1, 0.15) is 5.75 Å². The molecule has 4 rings (SSSR count). The van der Waals surface area contributed by atoms with Gasteiger partial charge in [-0.2, -0.15) is 0 Å². The summed E-state index contributed by atoms with van der Waals surface area (Å²) in [5, 5.41) is 6.90. The van der Waals surface area contributed by atoms with Crippen molar-refractivity contribution in [1.82, 2.24) is 15.5 Å². The quantitative estimate of drug-likeness (QED) is 0.291. The standard InChI is InChI=1S/C26H36N4O2.HI/c1-20-7-8-23(25(15-20)32-19-21-10-14-31-18-21)16-29-26(27-2)28-11-13-30-12-9-22-5-3-4-6-24(22)17-30;/h3-8,15,21H,9-14,16-19H2,1-2H3,(H2,27,28,29);1H. The van der Waals surface area contributed by atoms with Crippen molar-refractivity contribution < 1.29 is 9.47 Å². The summed E-state index contributed by atoms with van der Waals surface area (Å²) in [5.74, 6) is 2.26. The lowest BCUT2D eigenvalue weighted by Crippen LogP contribution is -2.42. The van der Waals surface area contributed by atoms with Crippen molar-refractivity contribution >= 4 is 29.9 Å². The molecule has 0 aliphatic carbocycles. The lowest BCUT2D eigenvalue weighted by Gasteiger charge is -2.28. The minimum Gasteiger partial charge on any atom is -0.493 e. The molecule has 2 aliphatic heterocycles. The molecule has 0 bridgehead atoms. The van der Waals surface area contributed by atoms with Crippen molar-refractivity contribution in [2.75, 3.05) is 46.5 Å².